The summed E-state index contributed by atoms with van der Waals surface area (Å²) in [6.45, 7) is 5.30. The van der Waals surface area contributed by atoms with E-state index in [1.807, 2.05) is 32.0 Å². The van der Waals surface area contributed by atoms with Crippen molar-refractivity contribution in [2.75, 3.05) is 31.3 Å². The van der Waals surface area contributed by atoms with Gasteiger partial charge in [-0.25, -0.2) is 0 Å². The zero-order valence-electron chi connectivity index (χ0n) is 12.9. The molecular weight excluding hydrogens is 318 g/mol. The second-order valence-electron chi connectivity index (χ2n) is 4.82. The molecule has 0 amide bonds. The number of anilines is 1. The number of benzene rings is 1. The molecule has 5 nitrogen and oxygen atoms in total. The molecule has 0 radical (unpaired) electrons. The summed E-state index contributed by atoms with van der Waals surface area (Å²) >= 11 is 2.87. The quantitative estimate of drug-likeness (QED) is 0.453. The van der Waals surface area contributed by atoms with Gasteiger partial charge in [-0.3, -0.25) is 4.79 Å². The molecule has 1 N–H and O–H groups in total. The second kappa shape index (κ2) is 8.26. The zero-order valence-corrected chi connectivity index (χ0v) is 14.5. The van der Waals surface area contributed by atoms with E-state index in [-0.39, 0.29) is 5.78 Å². The Labute approximate surface area is 138 Å². The molecule has 2 rings (SSSR count). The molecule has 0 bridgehead atoms. The number of ketones is 1. The molecule has 0 aliphatic rings. The van der Waals surface area contributed by atoms with Crippen LogP contribution in [0.3, 0.4) is 0 Å². The number of rotatable bonds is 8. The maximum atomic E-state index is 12.3. The number of thioether (sulfide) groups is 1. The molecule has 0 atom stereocenters. The molecule has 0 spiro atoms. The van der Waals surface area contributed by atoms with Gasteiger partial charge in [0.1, 0.15) is 0 Å². The number of aryl methyl sites for hydroxylation is 2. The standard InChI is InChI=1S/C15H19N3O2S2/c1-10-4-5-12(11(2)8-10)13(19)9-21-15-18-17-14(22-15)16-6-7-20-3/h4-5,8H,6-7,9H2,1-3H3,(H,16,17). The molecule has 0 fully saturated rings. The third kappa shape index (κ3) is 4.79. The van der Waals surface area contributed by atoms with E-state index in [0.29, 0.717) is 18.9 Å². The Hall–Kier alpha value is -1.44. The normalized spacial score (nSPS) is 10.7. The van der Waals surface area contributed by atoms with Crippen molar-refractivity contribution in [3.63, 3.8) is 0 Å². The second-order valence-corrected chi connectivity index (χ2v) is 7.02. The monoisotopic (exact) mass is 337 g/mol. The first kappa shape index (κ1) is 16.9. The van der Waals surface area contributed by atoms with Gasteiger partial charge in [0, 0.05) is 19.2 Å². The molecule has 0 unspecified atom stereocenters. The van der Waals surface area contributed by atoms with Crippen LogP contribution in [0.5, 0.6) is 0 Å². The molecule has 0 saturated carbocycles. The summed E-state index contributed by atoms with van der Waals surface area (Å²) in [6, 6.07) is 5.89. The fourth-order valence-electron chi connectivity index (χ4n) is 1.93. The Bertz CT molecular complexity index is 643. The van der Waals surface area contributed by atoms with Crippen LogP contribution in [0.15, 0.2) is 22.5 Å². The lowest BCUT2D eigenvalue weighted by atomic mass is 10.0. The van der Waals surface area contributed by atoms with E-state index in [2.05, 4.69) is 15.5 Å². The Balaban J connectivity index is 1.88. The van der Waals surface area contributed by atoms with Crippen LogP contribution in [0.4, 0.5) is 5.13 Å². The maximum Gasteiger partial charge on any atom is 0.206 e. The zero-order chi connectivity index (χ0) is 15.9. The van der Waals surface area contributed by atoms with Gasteiger partial charge in [0.25, 0.3) is 0 Å². The summed E-state index contributed by atoms with van der Waals surface area (Å²) in [5.41, 5.74) is 2.96. The predicted octanol–water partition coefficient (Wildman–Crippen LogP) is 3.19. The number of Topliss-reactive ketones (excluding diaryl/α,β-unsaturated/α-hetero) is 1. The lowest BCUT2D eigenvalue weighted by Gasteiger charge is -2.04. The van der Waals surface area contributed by atoms with Gasteiger partial charge in [0.05, 0.1) is 12.4 Å². The summed E-state index contributed by atoms with van der Waals surface area (Å²) < 4.78 is 5.75. The van der Waals surface area contributed by atoms with Crippen molar-refractivity contribution in [3.8, 4) is 0 Å². The summed E-state index contributed by atoms with van der Waals surface area (Å²) in [6.07, 6.45) is 0. The van der Waals surface area contributed by atoms with Crippen LogP contribution in [0.2, 0.25) is 0 Å². The summed E-state index contributed by atoms with van der Waals surface area (Å²) in [7, 11) is 1.65. The van der Waals surface area contributed by atoms with Crippen molar-refractivity contribution in [3.05, 3.63) is 34.9 Å². The van der Waals surface area contributed by atoms with Gasteiger partial charge in [0.2, 0.25) is 5.13 Å². The molecular formula is C15H19N3O2S2. The van der Waals surface area contributed by atoms with E-state index >= 15 is 0 Å². The number of methoxy groups -OCH3 is 1. The largest absolute Gasteiger partial charge is 0.383 e. The van der Waals surface area contributed by atoms with Crippen molar-refractivity contribution in [2.24, 2.45) is 0 Å². The van der Waals surface area contributed by atoms with E-state index in [0.717, 1.165) is 26.2 Å². The molecule has 1 heterocycles. The van der Waals surface area contributed by atoms with Gasteiger partial charge >= 0.3 is 0 Å². The molecule has 1 aromatic heterocycles. The van der Waals surface area contributed by atoms with Crippen molar-refractivity contribution in [1.82, 2.24) is 10.2 Å². The number of carbonyl (C=O) groups is 1. The summed E-state index contributed by atoms with van der Waals surface area (Å²) in [5.74, 6) is 0.489. The van der Waals surface area contributed by atoms with Gasteiger partial charge in [-0.2, -0.15) is 0 Å². The minimum Gasteiger partial charge on any atom is -0.383 e. The highest BCUT2D eigenvalue weighted by molar-refractivity contribution is 8.01. The van der Waals surface area contributed by atoms with Gasteiger partial charge in [-0.05, 0) is 19.4 Å². The van der Waals surface area contributed by atoms with E-state index in [9.17, 15) is 4.79 Å². The highest BCUT2D eigenvalue weighted by Crippen LogP contribution is 2.26. The average molecular weight is 337 g/mol. The minimum absolute atomic E-state index is 0.117. The van der Waals surface area contributed by atoms with Gasteiger partial charge < -0.3 is 10.1 Å². The topological polar surface area (TPSA) is 64.1 Å². The Morgan fingerprint density at radius 2 is 2.18 bits per heavy atom. The number of nitrogens with zero attached hydrogens (tertiary/aromatic N) is 2. The number of hydrogen-bond acceptors (Lipinski definition) is 7. The van der Waals surface area contributed by atoms with Crippen LogP contribution >= 0.6 is 23.1 Å². The number of aromatic nitrogens is 2. The molecule has 7 heteroatoms. The third-order valence-electron chi connectivity index (χ3n) is 3.00. The molecule has 118 valence electrons. The van der Waals surface area contributed by atoms with Crippen molar-refractivity contribution >= 4 is 34.0 Å². The van der Waals surface area contributed by atoms with Crippen molar-refractivity contribution in [1.29, 1.82) is 0 Å². The summed E-state index contributed by atoms with van der Waals surface area (Å²) in [4.78, 5) is 12.3. The minimum atomic E-state index is 0.117. The SMILES string of the molecule is COCCNc1nnc(SCC(=O)c2ccc(C)cc2C)s1. The van der Waals surface area contributed by atoms with Crippen LogP contribution in [-0.2, 0) is 4.74 Å². The lowest BCUT2D eigenvalue weighted by molar-refractivity contribution is 0.102. The van der Waals surface area contributed by atoms with Crippen LogP contribution in [0.25, 0.3) is 0 Å². The lowest BCUT2D eigenvalue weighted by Crippen LogP contribution is -2.06. The number of ether oxygens (including phenoxy) is 1. The van der Waals surface area contributed by atoms with Crippen molar-refractivity contribution < 1.29 is 9.53 Å². The van der Waals surface area contributed by atoms with Gasteiger partial charge in [-0.15, -0.1) is 10.2 Å². The smallest absolute Gasteiger partial charge is 0.206 e. The Morgan fingerprint density at radius 3 is 2.91 bits per heavy atom. The van der Waals surface area contributed by atoms with E-state index in [1.165, 1.54) is 23.1 Å². The van der Waals surface area contributed by atoms with Crippen LogP contribution in [-0.4, -0.2) is 42.0 Å². The first-order valence-corrected chi connectivity index (χ1v) is 8.70. The van der Waals surface area contributed by atoms with E-state index in [4.69, 9.17) is 4.74 Å². The molecule has 0 saturated heterocycles. The third-order valence-corrected chi connectivity index (χ3v) is 5.01. The highest BCUT2D eigenvalue weighted by Gasteiger charge is 2.12. The fraction of sp³-hybridized carbons (Fsp3) is 0.400. The van der Waals surface area contributed by atoms with Gasteiger partial charge in [-0.1, -0.05) is 46.9 Å². The molecule has 22 heavy (non-hydrogen) atoms. The fourth-order valence-corrected chi connectivity index (χ4v) is 3.59. The molecule has 0 aliphatic carbocycles. The maximum absolute atomic E-state index is 12.3. The molecule has 0 aliphatic heterocycles. The average Bonchev–Trinajstić information content (AvgIpc) is 2.93. The Kier molecular flexibility index (Phi) is 6.35. The van der Waals surface area contributed by atoms with E-state index < -0.39 is 0 Å². The van der Waals surface area contributed by atoms with Crippen LogP contribution < -0.4 is 5.32 Å². The van der Waals surface area contributed by atoms with Crippen LogP contribution in [0, 0.1) is 13.8 Å². The van der Waals surface area contributed by atoms with E-state index in [1.54, 1.807) is 7.11 Å². The first-order valence-electron chi connectivity index (χ1n) is 6.89. The molecule has 2 aromatic rings. The molecule has 1 aromatic carbocycles. The summed E-state index contributed by atoms with van der Waals surface area (Å²) in [5, 5.41) is 12.0. The Morgan fingerprint density at radius 1 is 1.36 bits per heavy atom. The van der Waals surface area contributed by atoms with Crippen molar-refractivity contribution in [2.45, 2.75) is 18.2 Å². The van der Waals surface area contributed by atoms with Crippen LogP contribution in [0.1, 0.15) is 21.5 Å². The number of nitrogens with one attached hydrogen (secondary N) is 1. The first-order chi connectivity index (χ1) is 10.6. The number of hydrogen-bond donors (Lipinski definition) is 1. The highest BCUT2D eigenvalue weighted by atomic mass is 32.2. The van der Waals surface area contributed by atoms with Gasteiger partial charge in [0.15, 0.2) is 10.1 Å². The number of carbonyl (C=O) groups excluding carboxylic acids is 1. The predicted molar refractivity (Wildman–Crippen MR) is 91.2 cm³/mol.